The van der Waals surface area contributed by atoms with E-state index in [0.29, 0.717) is 24.5 Å². The molecule has 30 heavy (non-hydrogen) atoms. The quantitative estimate of drug-likeness (QED) is 0.571. The Bertz CT molecular complexity index is 1180. The van der Waals surface area contributed by atoms with Crippen LogP contribution in [0.25, 0.3) is 10.9 Å². The number of aromatic nitrogens is 1. The highest BCUT2D eigenvalue weighted by Gasteiger charge is 2.26. The van der Waals surface area contributed by atoms with E-state index in [9.17, 15) is 13.2 Å². The Morgan fingerprint density at radius 2 is 1.73 bits per heavy atom. The van der Waals surface area contributed by atoms with Crippen LogP contribution in [-0.2, 0) is 27.9 Å². The van der Waals surface area contributed by atoms with Crippen molar-refractivity contribution in [2.45, 2.75) is 37.8 Å². The van der Waals surface area contributed by atoms with Crippen molar-refractivity contribution in [2.24, 2.45) is 0 Å². The summed E-state index contributed by atoms with van der Waals surface area (Å²) >= 11 is 3.61. The molecule has 0 saturated carbocycles. The lowest BCUT2D eigenvalue weighted by Crippen LogP contribution is -2.28. The molecule has 1 aromatic heterocycles. The Labute approximate surface area is 185 Å². The van der Waals surface area contributed by atoms with Gasteiger partial charge in [0.05, 0.1) is 4.90 Å². The topological polar surface area (TPSA) is 71.4 Å². The van der Waals surface area contributed by atoms with Gasteiger partial charge in [-0.05, 0) is 59.5 Å². The molecule has 0 atom stereocenters. The average molecular weight is 490 g/mol. The van der Waals surface area contributed by atoms with Gasteiger partial charge in [-0.3, -0.25) is 4.79 Å². The summed E-state index contributed by atoms with van der Waals surface area (Å²) in [6.45, 7) is 3.73. The van der Waals surface area contributed by atoms with Crippen molar-refractivity contribution in [1.82, 2.24) is 14.2 Å². The number of hydrogen-bond donors (Lipinski definition) is 1. The number of benzene rings is 2. The van der Waals surface area contributed by atoms with Crippen LogP contribution in [-0.4, -0.2) is 36.3 Å². The van der Waals surface area contributed by atoms with E-state index in [1.165, 1.54) is 4.31 Å². The number of carbonyl (C=O) groups is 1. The summed E-state index contributed by atoms with van der Waals surface area (Å²) < 4.78 is 29.7. The van der Waals surface area contributed by atoms with Gasteiger partial charge in [-0.1, -0.05) is 30.3 Å². The first-order valence-corrected chi connectivity index (χ1v) is 12.2. The number of carbonyl (C=O) groups excluding carboxylic acids is 1. The second-order valence-corrected chi connectivity index (χ2v) is 10.3. The number of fused-ring (bicyclic) bond motifs is 1. The number of nitrogens with zero attached hydrogens (tertiary/aromatic N) is 2. The van der Waals surface area contributed by atoms with Gasteiger partial charge in [0.1, 0.15) is 6.54 Å². The maximum Gasteiger partial charge on any atom is 0.243 e. The van der Waals surface area contributed by atoms with Gasteiger partial charge in [0, 0.05) is 40.7 Å². The average Bonchev–Trinajstić information content (AvgIpc) is 3.38. The fraction of sp³-hybridized carbons (Fsp3) is 0.318. The minimum Gasteiger partial charge on any atom is -0.350 e. The summed E-state index contributed by atoms with van der Waals surface area (Å²) in [5.74, 6) is -0.0971. The van der Waals surface area contributed by atoms with Gasteiger partial charge < -0.3 is 9.88 Å². The number of para-hydroxylation sites is 1. The molecule has 1 amide bonds. The minimum absolute atomic E-state index is 0.0971. The minimum atomic E-state index is -3.41. The molecule has 1 N–H and O–H groups in total. The fourth-order valence-electron chi connectivity index (χ4n) is 3.85. The van der Waals surface area contributed by atoms with Crippen LogP contribution in [0.1, 0.15) is 24.1 Å². The molecule has 1 fully saturated rings. The van der Waals surface area contributed by atoms with Gasteiger partial charge in [0.2, 0.25) is 15.9 Å². The molecule has 0 radical (unpaired) electrons. The van der Waals surface area contributed by atoms with Crippen molar-refractivity contribution in [1.29, 1.82) is 0 Å². The Morgan fingerprint density at radius 1 is 1.07 bits per heavy atom. The number of rotatable bonds is 6. The summed E-state index contributed by atoms with van der Waals surface area (Å²) in [7, 11) is -3.41. The van der Waals surface area contributed by atoms with E-state index >= 15 is 0 Å². The Kier molecular flexibility index (Phi) is 5.99. The van der Waals surface area contributed by atoms with Gasteiger partial charge in [-0.15, -0.1) is 0 Å². The molecule has 8 heteroatoms. The molecule has 2 aromatic carbocycles. The Morgan fingerprint density at radius 3 is 2.43 bits per heavy atom. The molecule has 0 aliphatic carbocycles. The maximum atomic E-state index is 12.6. The standard InChI is InChI=1S/C22H24BrN3O3S/c1-16-22(23)19-6-2-3-7-20(19)26(16)15-21(27)24-14-17-8-10-18(11-9-17)30(28,29)25-12-4-5-13-25/h2-3,6-11H,4-5,12-15H2,1H3,(H,24,27). The first-order valence-electron chi connectivity index (χ1n) is 9.97. The lowest BCUT2D eigenvalue weighted by Gasteiger charge is -2.15. The first-order chi connectivity index (χ1) is 14.4. The molecular formula is C22H24BrN3O3S. The number of halogens is 1. The summed E-state index contributed by atoms with van der Waals surface area (Å²) in [5.41, 5.74) is 2.87. The van der Waals surface area contributed by atoms with Crippen LogP contribution >= 0.6 is 15.9 Å². The normalized spacial score (nSPS) is 15.0. The second kappa shape index (κ2) is 8.53. The molecule has 1 saturated heterocycles. The Hall–Kier alpha value is -2.16. The molecular weight excluding hydrogens is 466 g/mol. The lowest BCUT2D eigenvalue weighted by molar-refractivity contribution is -0.121. The van der Waals surface area contributed by atoms with Gasteiger partial charge in [0.15, 0.2) is 0 Å². The molecule has 2 heterocycles. The predicted octanol–water partition coefficient (Wildman–Crippen LogP) is 3.81. The summed E-state index contributed by atoms with van der Waals surface area (Å²) in [6.07, 6.45) is 1.83. The predicted molar refractivity (Wildman–Crippen MR) is 121 cm³/mol. The summed E-state index contributed by atoms with van der Waals surface area (Å²) in [6, 6.07) is 14.7. The summed E-state index contributed by atoms with van der Waals surface area (Å²) in [4.78, 5) is 12.8. The zero-order valence-electron chi connectivity index (χ0n) is 16.8. The largest absolute Gasteiger partial charge is 0.350 e. The van der Waals surface area contributed by atoms with Crippen molar-refractivity contribution in [3.8, 4) is 0 Å². The van der Waals surface area contributed by atoms with E-state index < -0.39 is 10.0 Å². The van der Waals surface area contributed by atoms with Crippen molar-refractivity contribution in [2.75, 3.05) is 13.1 Å². The van der Waals surface area contributed by atoms with E-state index in [4.69, 9.17) is 0 Å². The van der Waals surface area contributed by atoms with Crippen molar-refractivity contribution < 1.29 is 13.2 Å². The highest BCUT2D eigenvalue weighted by Crippen LogP contribution is 2.30. The third kappa shape index (κ3) is 4.04. The molecule has 0 spiro atoms. The second-order valence-electron chi connectivity index (χ2n) is 7.53. The smallest absolute Gasteiger partial charge is 0.243 e. The molecule has 4 rings (SSSR count). The van der Waals surface area contributed by atoms with Gasteiger partial charge in [-0.25, -0.2) is 8.42 Å². The molecule has 0 bridgehead atoms. The third-order valence-electron chi connectivity index (χ3n) is 5.57. The van der Waals surface area contributed by atoms with Crippen LogP contribution in [0.4, 0.5) is 0 Å². The van der Waals surface area contributed by atoms with Crippen LogP contribution < -0.4 is 5.32 Å². The van der Waals surface area contributed by atoms with Gasteiger partial charge in [-0.2, -0.15) is 4.31 Å². The van der Waals surface area contributed by atoms with E-state index in [0.717, 1.165) is 39.5 Å². The van der Waals surface area contributed by atoms with Gasteiger partial charge >= 0.3 is 0 Å². The zero-order chi connectivity index (χ0) is 21.3. The van der Waals surface area contributed by atoms with Crippen LogP contribution in [0.5, 0.6) is 0 Å². The zero-order valence-corrected chi connectivity index (χ0v) is 19.2. The molecule has 158 valence electrons. The van der Waals surface area contributed by atoms with Crippen molar-refractivity contribution in [3.05, 3.63) is 64.3 Å². The molecule has 1 aliphatic heterocycles. The number of hydrogen-bond acceptors (Lipinski definition) is 3. The number of amides is 1. The van der Waals surface area contributed by atoms with Crippen molar-refractivity contribution in [3.63, 3.8) is 0 Å². The third-order valence-corrected chi connectivity index (χ3v) is 8.49. The van der Waals surface area contributed by atoms with Crippen LogP contribution in [0.3, 0.4) is 0 Å². The van der Waals surface area contributed by atoms with Gasteiger partial charge in [0.25, 0.3) is 0 Å². The SMILES string of the molecule is Cc1c(Br)c2ccccc2n1CC(=O)NCc1ccc(S(=O)(=O)N2CCCC2)cc1. The molecule has 1 aliphatic rings. The van der Waals surface area contributed by atoms with E-state index in [-0.39, 0.29) is 12.5 Å². The molecule has 0 unspecified atom stereocenters. The number of sulfonamides is 1. The van der Waals surface area contributed by atoms with Crippen LogP contribution in [0.15, 0.2) is 57.9 Å². The summed E-state index contributed by atoms with van der Waals surface area (Å²) in [5, 5.41) is 4.01. The van der Waals surface area contributed by atoms with E-state index in [1.807, 2.05) is 35.8 Å². The lowest BCUT2D eigenvalue weighted by atomic mass is 10.2. The first kappa shape index (κ1) is 21.1. The van der Waals surface area contributed by atoms with Crippen LogP contribution in [0, 0.1) is 6.92 Å². The Balaban J connectivity index is 1.41. The van der Waals surface area contributed by atoms with E-state index in [1.54, 1.807) is 24.3 Å². The highest BCUT2D eigenvalue weighted by molar-refractivity contribution is 9.10. The van der Waals surface area contributed by atoms with Crippen molar-refractivity contribution >= 4 is 42.8 Å². The fourth-order valence-corrected chi connectivity index (χ4v) is 5.92. The van der Waals surface area contributed by atoms with E-state index in [2.05, 4.69) is 21.2 Å². The highest BCUT2D eigenvalue weighted by atomic mass is 79.9. The number of nitrogens with one attached hydrogen (secondary N) is 1. The maximum absolute atomic E-state index is 12.6. The van der Waals surface area contributed by atoms with Crippen LogP contribution in [0.2, 0.25) is 0 Å². The monoisotopic (exact) mass is 489 g/mol. The molecule has 6 nitrogen and oxygen atoms in total. The molecule has 3 aromatic rings.